The third-order valence-corrected chi connectivity index (χ3v) is 5.71. The Morgan fingerprint density at radius 2 is 2.00 bits per heavy atom. The molecule has 0 bridgehead atoms. The van der Waals surface area contributed by atoms with Crippen molar-refractivity contribution in [3.63, 3.8) is 0 Å². The molecule has 0 saturated heterocycles. The van der Waals surface area contributed by atoms with Gasteiger partial charge in [-0.1, -0.05) is 19.8 Å². The molecule has 1 aromatic rings. The zero-order chi connectivity index (χ0) is 16.6. The highest BCUT2D eigenvalue weighted by Crippen LogP contribution is 2.54. The molecule has 1 aliphatic heterocycles. The van der Waals surface area contributed by atoms with Crippen LogP contribution in [0.15, 0.2) is 12.1 Å². The standard InChI is InChI=1S/C20H30O3/c1-4-5-6-7-13-10-17(22)19-15-12-14(21)8-9-16(15)20(2,3)23-18(19)11-13/h10-11,14-16,21-22H,4-9,12H2,1-3H3/t14-,15+,16-/m1/s1. The van der Waals surface area contributed by atoms with Crippen molar-refractivity contribution >= 4 is 0 Å². The summed E-state index contributed by atoms with van der Waals surface area (Å²) >= 11 is 0. The Labute approximate surface area is 139 Å². The number of fused-ring (bicyclic) bond motifs is 3. The molecule has 0 radical (unpaired) electrons. The lowest BCUT2D eigenvalue weighted by molar-refractivity contribution is -0.0317. The minimum absolute atomic E-state index is 0.196. The highest BCUT2D eigenvalue weighted by atomic mass is 16.5. The summed E-state index contributed by atoms with van der Waals surface area (Å²) in [5, 5.41) is 20.7. The fourth-order valence-electron chi connectivity index (χ4n) is 4.51. The van der Waals surface area contributed by atoms with Gasteiger partial charge in [0.25, 0.3) is 0 Å². The largest absolute Gasteiger partial charge is 0.508 e. The Hall–Kier alpha value is -1.22. The summed E-state index contributed by atoms with van der Waals surface area (Å²) in [5.74, 6) is 1.74. The number of phenols is 1. The first-order chi connectivity index (χ1) is 10.9. The second-order valence-corrected chi connectivity index (χ2v) is 7.87. The second-order valence-electron chi connectivity index (χ2n) is 7.87. The zero-order valence-electron chi connectivity index (χ0n) is 14.6. The van der Waals surface area contributed by atoms with Crippen molar-refractivity contribution < 1.29 is 14.9 Å². The normalized spacial score (nSPS) is 28.6. The van der Waals surface area contributed by atoms with E-state index in [1.807, 2.05) is 6.07 Å². The van der Waals surface area contributed by atoms with Crippen molar-refractivity contribution in [1.82, 2.24) is 0 Å². The van der Waals surface area contributed by atoms with Crippen molar-refractivity contribution in [2.24, 2.45) is 5.92 Å². The minimum atomic E-state index is -0.262. The first kappa shape index (κ1) is 16.6. The molecule has 3 rings (SSSR count). The van der Waals surface area contributed by atoms with Gasteiger partial charge in [-0.3, -0.25) is 0 Å². The summed E-state index contributed by atoms with van der Waals surface area (Å²) in [4.78, 5) is 0. The highest BCUT2D eigenvalue weighted by Gasteiger charge is 2.47. The van der Waals surface area contributed by atoms with E-state index in [1.165, 1.54) is 12.8 Å². The predicted molar refractivity (Wildman–Crippen MR) is 92.1 cm³/mol. The van der Waals surface area contributed by atoms with Crippen LogP contribution in [0.3, 0.4) is 0 Å². The molecule has 0 unspecified atom stereocenters. The fourth-order valence-corrected chi connectivity index (χ4v) is 4.51. The maximum Gasteiger partial charge on any atom is 0.127 e. The van der Waals surface area contributed by atoms with Crippen molar-refractivity contribution in [1.29, 1.82) is 0 Å². The van der Waals surface area contributed by atoms with Gasteiger partial charge in [0, 0.05) is 17.4 Å². The van der Waals surface area contributed by atoms with Crippen LogP contribution < -0.4 is 4.74 Å². The summed E-state index contributed by atoms with van der Waals surface area (Å²) in [7, 11) is 0. The maximum atomic E-state index is 10.6. The van der Waals surface area contributed by atoms with E-state index in [-0.39, 0.29) is 17.6 Å². The van der Waals surface area contributed by atoms with Crippen LogP contribution in [0.1, 0.15) is 76.3 Å². The van der Waals surface area contributed by atoms with Crippen molar-refractivity contribution in [2.45, 2.75) is 83.3 Å². The van der Waals surface area contributed by atoms with Crippen LogP contribution in [0, 0.1) is 5.92 Å². The van der Waals surface area contributed by atoms with Gasteiger partial charge in [-0.25, -0.2) is 0 Å². The van der Waals surface area contributed by atoms with Gasteiger partial charge in [-0.2, -0.15) is 0 Å². The van der Waals surface area contributed by atoms with Crippen molar-refractivity contribution in [3.05, 3.63) is 23.3 Å². The first-order valence-corrected chi connectivity index (χ1v) is 9.15. The molecule has 3 heteroatoms. The molecule has 0 amide bonds. The number of benzene rings is 1. The molecule has 3 atom stereocenters. The van der Waals surface area contributed by atoms with Crippen LogP contribution >= 0.6 is 0 Å². The minimum Gasteiger partial charge on any atom is -0.508 e. The molecule has 0 spiro atoms. The summed E-state index contributed by atoms with van der Waals surface area (Å²) in [6.45, 7) is 6.49. The Morgan fingerprint density at radius 3 is 2.74 bits per heavy atom. The average molecular weight is 318 g/mol. The molecule has 2 aliphatic rings. The lowest BCUT2D eigenvalue weighted by Gasteiger charge is -2.48. The van der Waals surface area contributed by atoms with Gasteiger partial charge >= 0.3 is 0 Å². The van der Waals surface area contributed by atoms with Crippen LogP contribution in [0.2, 0.25) is 0 Å². The second kappa shape index (κ2) is 6.35. The van der Waals surface area contributed by atoms with Crippen LogP contribution in [0.4, 0.5) is 0 Å². The quantitative estimate of drug-likeness (QED) is 0.801. The Morgan fingerprint density at radius 1 is 1.22 bits per heavy atom. The molecule has 1 saturated carbocycles. The molecule has 23 heavy (non-hydrogen) atoms. The third kappa shape index (κ3) is 3.21. The maximum absolute atomic E-state index is 10.6. The van der Waals surface area contributed by atoms with Gasteiger partial charge < -0.3 is 14.9 Å². The van der Waals surface area contributed by atoms with E-state index in [2.05, 4.69) is 26.8 Å². The number of phenolic OH excluding ortho intramolecular Hbond substituents is 1. The van der Waals surface area contributed by atoms with Gasteiger partial charge in [-0.15, -0.1) is 0 Å². The SMILES string of the molecule is CCCCCc1cc(O)c2c(c1)OC(C)(C)[C@@H]1CC[C@@H](O)C[C@H]21. The van der Waals surface area contributed by atoms with Gasteiger partial charge in [0.05, 0.1) is 6.10 Å². The Bertz CT molecular complexity index is 564. The number of aliphatic hydroxyl groups excluding tert-OH is 1. The lowest BCUT2D eigenvalue weighted by atomic mass is 9.66. The highest BCUT2D eigenvalue weighted by molar-refractivity contribution is 5.52. The van der Waals surface area contributed by atoms with Crippen molar-refractivity contribution in [2.75, 3.05) is 0 Å². The summed E-state index contributed by atoms with van der Waals surface area (Å²) in [5.41, 5.74) is 1.83. The lowest BCUT2D eigenvalue weighted by Crippen LogP contribution is -2.47. The topological polar surface area (TPSA) is 49.7 Å². The van der Waals surface area contributed by atoms with E-state index < -0.39 is 0 Å². The Kier molecular flexibility index (Phi) is 4.59. The molecule has 2 N–H and O–H groups in total. The van der Waals surface area contributed by atoms with Gasteiger partial charge in [0.1, 0.15) is 17.1 Å². The molecule has 0 aromatic heterocycles. The molecule has 1 fully saturated rings. The monoisotopic (exact) mass is 318 g/mol. The molecular formula is C20H30O3. The third-order valence-electron chi connectivity index (χ3n) is 5.71. The molecule has 1 aliphatic carbocycles. The van der Waals surface area contributed by atoms with Crippen LogP contribution in [0.5, 0.6) is 11.5 Å². The van der Waals surface area contributed by atoms with Gasteiger partial charge in [-0.05, 0) is 63.6 Å². The number of ether oxygens (including phenoxy) is 1. The molecule has 3 nitrogen and oxygen atoms in total. The fraction of sp³-hybridized carbons (Fsp3) is 0.700. The van der Waals surface area contributed by atoms with Gasteiger partial charge in [0.2, 0.25) is 0 Å². The van der Waals surface area contributed by atoms with Crippen molar-refractivity contribution in [3.8, 4) is 11.5 Å². The molecule has 1 aromatic carbocycles. The number of rotatable bonds is 4. The number of hydrogen-bond donors (Lipinski definition) is 2. The van der Waals surface area contributed by atoms with Gasteiger partial charge in [0.15, 0.2) is 0 Å². The summed E-state index contributed by atoms with van der Waals surface area (Å²) in [6, 6.07) is 4.03. The molecule has 1 heterocycles. The van der Waals surface area contributed by atoms with E-state index in [0.29, 0.717) is 11.7 Å². The van der Waals surface area contributed by atoms with E-state index in [9.17, 15) is 10.2 Å². The smallest absolute Gasteiger partial charge is 0.127 e. The number of unbranched alkanes of at least 4 members (excludes halogenated alkanes) is 2. The predicted octanol–water partition coefficient (Wildman–Crippen LogP) is 4.54. The number of aryl methyl sites for hydroxylation is 1. The van der Waals surface area contributed by atoms with E-state index in [1.54, 1.807) is 0 Å². The number of aliphatic hydroxyl groups is 1. The first-order valence-electron chi connectivity index (χ1n) is 9.15. The molecule has 128 valence electrons. The average Bonchev–Trinajstić information content (AvgIpc) is 2.46. The van der Waals surface area contributed by atoms with E-state index in [4.69, 9.17) is 4.74 Å². The Balaban J connectivity index is 1.94. The van der Waals surface area contributed by atoms with E-state index >= 15 is 0 Å². The van der Waals surface area contributed by atoms with Crippen LogP contribution in [0.25, 0.3) is 0 Å². The number of hydrogen-bond acceptors (Lipinski definition) is 3. The van der Waals surface area contributed by atoms with Crippen LogP contribution in [-0.4, -0.2) is 21.9 Å². The summed E-state index contributed by atoms with van der Waals surface area (Å²) in [6.07, 6.45) is 6.78. The zero-order valence-corrected chi connectivity index (χ0v) is 14.6. The number of aromatic hydroxyl groups is 1. The summed E-state index contributed by atoms with van der Waals surface area (Å²) < 4.78 is 6.31. The van der Waals surface area contributed by atoms with Crippen LogP contribution in [-0.2, 0) is 6.42 Å². The molecular weight excluding hydrogens is 288 g/mol. The van der Waals surface area contributed by atoms with E-state index in [0.717, 1.165) is 49.0 Å².